The van der Waals surface area contributed by atoms with Crippen molar-refractivity contribution in [2.75, 3.05) is 40.6 Å². The molecule has 0 amide bonds. The summed E-state index contributed by atoms with van der Waals surface area (Å²) >= 11 is 3.37. The van der Waals surface area contributed by atoms with Gasteiger partial charge in [-0.25, -0.2) is 9.59 Å². The molecular formula is C20H21BrO7. The molecule has 150 valence electrons. The summed E-state index contributed by atoms with van der Waals surface area (Å²) < 4.78 is 26.3. The summed E-state index contributed by atoms with van der Waals surface area (Å²) in [6.07, 6.45) is 0. The van der Waals surface area contributed by atoms with Crippen LogP contribution in [0, 0.1) is 0 Å². The highest BCUT2D eigenvalue weighted by molar-refractivity contribution is 9.10. The Bertz CT molecular complexity index is 807. The molecule has 2 rings (SSSR count). The van der Waals surface area contributed by atoms with Crippen molar-refractivity contribution in [3.63, 3.8) is 0 Å². The maximum absolute atomic E-state index is 12.4. The van der Waals surface area contributed by atoms with Crippen molar-refractivity contribution in [3.05, 3.63) is 58.1 Å². The lowest BCUT2D eigenvalue weighted by Gasteiger charge is -2.10. The van der Waals surface area contributed by atoms with Crippen LogP contribution in [0.3, 0.4) is 0 Å². The average Bonchev–Trinajstić information content (AvgIpc) is 2.69. The van der Waals surface area contributed by atoms with E-state index in [1.807, 2.05) is 0 Å². The van der Waals surface area contributed by atoms with E-state index in [1.54, 1.807) is 43.5 Å². The summed E-state index contributed by atoms with van der Waals surface area (Å²) in [5, 5.41) is 0. The van der Waals surface area contributed by atoms with E-state index in [-0.39, 0.29) is 17.9 Å². The normalized spacial score (nSPS) is 10.4. The lowest BCUT2D eigenvalue weighted by molar-refractivity contribution is 0.0387. The zero-order valence-electron chi connectivity index (χ0n) is 15.6. The quantitative estimate of drug-likeness (QED) is 0.310. The molecule has 0 heterocycles. The Labute approximate surface area is 171 Å². The van der Waals surface area contributed by atoms with Gasteiger partial charge in [-0.1, -0.05) is 6.07 Å². The van der Waals surface area contributed by atoms with Crippen LogP contribution in [0.15, 0.2) is 46.9 Å². The van der Waals surface area contributed by atoms with Crippen LogP contribution in [0.1, 0.15) is 20.7 Å². The lowest BCUT2D eigenvalue weighted by Crippen LogP contribution is -2.12. The molecule has 0 bridgehead atoms. The summed E-state index contributed by atoms with van der Waals surface area (Å²) in [5.74, 6) is -0.249. The molecule has 0 atom stereocenters. The summed E-state index contributed by atoms with van der Waals surface area (Å²) in [5.41, 5.74) is 0.614. The van der Waals surface area contributed by atoms with E-state index >= 15 is 0 Å². The number of esters is 2. The molecule has 0 aliphatic carbocycles. The fraction of sp³-hybridized carbons (Fsp3) is 0.300. The average molecular weight is 453 g/mol. The van der Waals surface area contributed by atoms with Crippen molar-refractivity contribution in [3.8, 4) is 11.5 Å². The van der Waals surface area contributed by atoms with Crippen LogP contribution >= 0.6 is 15.9 Å². The second-order valence-corrected chi connectivity index (χ2v) is 6.39. The minimum atomic E-state index is -0.561. The molecule has 0 radical (unpaired) electrons. The molecular weight excluding hydrogens is 432 g/mol. The largest absolute Gasteiger partial charge is 0.490 e. The SMILES string of the molecule is COCCOC(=O)c1cccc(OC(=O)c2ccc(OCCOC)c(Br)c2)c1. The van der Waals surface area contributed by atoms with E-state index in [2.05, 4.69) is 15.9 Å². The van der Waals surface area contributed by atoms with Crippen molar-refractivity contribution < 1.29 is 33.3 Å². The minimum absolute atomic E-state index is 0.145. The molecule has 2 aromatic rings. The van der Waals surface area contributed by atoms with E-state index in [4.69, 9.17) is 23.7 Å². The van der Waals surface area contributed by atoms with Crippen LogP contribution in [0.2, 0.25) is 0 Å². The van der Waals surface area contributed by atoms with Gasteiger partial charge in [0.05, 0.1) is 28.8 Å². The number of rotatable bonds is 10. The van der Waals surface area contributed by atoms with Gasteiger partial charge in [-0.15, -0.1) is 0 Å². The number of methoxy groups -OCH3 is 2. The van der Waals surface area contributed by atoms with E-state index in [0.29, 0.717) is 35.6 Å². The number of halogens is 1. The highest BCUT2D eigenvalue weighted by atomic mass is 79.9. The van der Waals surface area contributed by atoms with Crippen molar-refractivity contribution in [1.29, 1.82) is 0 Å². The second kappa shape index (κ2) is 11.4. The Morgan fingerprint density at radius 2 is 1.57 bits per heavy atom. The molecule has 0 N–H and O–H groups in total. The smallest absolute Gasteiger partial charge is 0.343 e. The molecule has 2 aromatic carbocycles. The number of carbonyl (C=O) groups excluding carboxylic acids is 2. The first-order valence-corrected chi connectivity index (χ1v) is 9.24. The highest BCUT2D eigenvalue weighted by Gasteiger charge is 2.14. The molecule has 8 heteroatoms. The number of carbonyl (C=O) groups is 2. The number of hydrogen-bond acceptors (Lipinski definition) is 7. The number of ether oxygens (including phenoxy) is 5. The summed E-state index contributed by atoms with van der Waals surface area (Å²) in [6.45, 7) is 1.30. The number of benzene rings is 2. The number of hydrogen-bond donors (Lipinski definition) is 0. The molecule has 0 unspecified atom stereocenters. The maximum Gasteiger partial charge on any atom is 0.343 e. The van der Waals surface area contributed by atoms with Gasteiger partial charge in [0.25, 0.3) is 0 Å². The minimum Gasteiger partial charge on any atom is -0.490 e. The van der Waals surface area contributed by atoms with Gasteiger partial charge < -0.3 is 23.7 Å². The van der Waals surface area contributed by atoms with E-state index in [0.717, 1.165) is 0 Å². The standard InChI is InChI=1S/C20H21BrO7/c1-24-8-10-26-18-7-6-15(13-17(18)21)20(23)28-16-5-3-4-14(12-16)19(22)27-11-9-25-2/h3-7,12-13H,8-11H2,1-2H3. The third-order valence-corrected chi connectivity index (χ3v) is 4.13. The van der Waals surface area contributed by atoms with Gasteiger partial charge in [-0.3, -0.25) is 0 Å². The molecule has 0 fully saturated rings. The molecule has 0 spiro atoms. The van der Waals surface area contributed by atoms with Gasteiger partial charge in [-0.2, -0.15) is 0 Å². The van der Waals surface area contributed by atoms with Crippen LogP contribution in [0.4, 0.5) is 0 Å². The van der Waals surface area contributed by atoms with Crippen molar-refractivity contribution >= 4 is 27.9 Å². The topological polar surface area (TPSA) is 80.3 Å². The Balaban J connectivity index is 2.01. The summed E-state index contributed by atoms with van der Waals surface area (Å²) in [7, 11) is 3.11. The van der Waals surface area contributed by atoms with E-state index in [9.17, 15) is 9.59 Å². The second-order valence-electron chi connectivity index (χ2n) is 5.53. The fourth-order valence-electron chi connectivity index (χ4n) is 2.13. The first kappa shape index (κ1) is 21.9. The van der Waals surface area contributed by atoms with Crippen molar-refractivity contribution in [2.45, 2.75) is 0 Å². The van der Waals surface area contributed by atoms with E-state index < -0.39 is 11.9 Å². The van der Waals surface area contributed by atoms with Crippen LogP contribution < -0.4 is 9.47 Å². The predicted molar refractivity (Wildman–Crippen MR) is 105 cm³/mol. The van der Waals surface area contributed by atoms with Crippen LogP contribution in [0.5, 0.6) is 11.5 Å². The Hall–Kier alpha value is -2.42. The summed E-state index contributed by atoms with van der Waals surface area (Å²) in [6, 6.07) is 11.1. The Morgan fingerprint density at radius 3 is 2.29 bits per heavy atom. The van der Waals surface area contributed by atoms with Crippen molar-refractivity contribution in [1.82, 2.24) is 0 Å². The fourth-order valence-corrected chi connectivity index (χ4v) is 2.63. The molecule has 0 saturated heterocycles. The van der Waals surface area contributed by atoms with Gasteiger partial charge >= 0.3 is 11.9 Å². The molecule has 28 heavy (non-hydrogen) atoms. The van der Waals surface area contributed by atoms with Gasteiger partial charge in [0.1, 0.15) is 24.7 Å². The molecule has 0 aromatic heterocycles. The van der Waals surface area contributed by atoms with E-state index in [1.165, 1.54) is 13.2 Å². The molecule has 0 saturated carbocycles. The van der Waals surface area contributed by atoms with Gasteiger partial charge in [0.2, 0.25) is 0 Å². The summed E-state index contributed by atoms with van der Waals surface area (Å²) in [4.78, 5) is 24.4. The van der Waals surface area contributed by atoms with Crippen LogP contribution in [-0.4, -0.2) is 52.6 Å². The highest BCUT2D eigenvalue weighted by Crippen LogP contribution is 2.27. The molecule has 0 aliphatic heterocycles. The third-order valence-electron chi connectivity index (χ3n) is 3.51. The molecule has 7 nitrogen and oxygen atoms in total. The van der Waals surface area contributed by atoms with Crippen LogP contribution in [0.25, 0.3) is 0 Å². The Morgan fingerprint density at radius 1 is 0.857 bits per heavy atom. The van der Waals surface area contributed by atoms with Gasteiger partial charge in [0, 0.05) is 14.2 Å². The van der Waals surface area contributed by atoms with Crippen LogP contribution in [-0.2, 0) is 14.2 Å². The van der Waals surface area contributed by atoms with Crippen molar-refractivity contribution in [2.24, 2.45) is 0 Å². The first-order valence-electron chi connectivity index (χ1n) is 8.44. The first-order chi connectivity index (χ1) is 13.5. The lowest BCUT2D eigenvalue weighted by atomic mass is 10.2. The zero-order chi connectivity index (χ0) is 20.4. The monoisotopic (exact) mass is 452 g/mol. The zero-order valence-corrected chi connectivity index (χ0v) is 17.2. The third kappa shape index (κ3) is 6.63. The Kier molecular flexibility index (Phi) is 8.93. The molecule has 0 aliphatic rings. The predicted octanol–water partition coefficient (Wildman–Crippen LogP) is 3.50. The van der Waals surface area contributed by atoms with Gasteiger partial charge in [0.15, 0.2) is 0 Å². The van der Waals surface area contributed by atoms with Gasteiger partial charge in [-0.05, 0) is 52.3 Å². The maximum atomic E-state index is 12.4.